The molecular weight excluding hydrogens is 326 g/mol. The third-order valence-corrected chi connectivity index (χ3v) is 5.13. The Balaban J connectivity index is 2.46. The highest BCUT2D eigenvalue weighted by atomic mass is 35.7. The summed E-state index contributed by atoms with van der Waals surface area (Å²) < 4.78 is 36.2. The molecule has 0 amide bonds. The molecule has 1 aromatic carbocycles. The Kier molecular flexibility index (Phi) is 4.06. The van der Waals surface area contributed by atoms with Gasteiger partial charge in [0, 0.05) is 22.2 Å². The topological polar surface area (TPSA) is 58.2 Å². The normalized spacial score (nSPS) is 24.4. The smallest absolute Gasteiger partial charge is 0.238 e. The molecule has 0 aliphatic carbocycles. The van der Waals surface area contributed by atoms with E-state index >= 15 is 0 Å². The van der Waals surface area contributed by atoms with Gasteiger partial charge in [-0.2, -0.15) is 0 Å². The van der Waals surface area contributed by atoms with Crippen LogP contribution in [-0.2, 0) is 9.05 Å². The van der Waals surface area contributed by atoms with E-state index in [4.69, 9.17) is 33.9 Å². The molecule has 2 unspecified atom stereocenters. The van der Waals surface area contributed by atoms with E-state index in [1.165, 1.54) is 6.07 Å². The summed E-state index contributed by atoms with van der Waals surface area (Å²) in [7, 11) is 1.53. The average molecular weight is 334 g/mol. The monoisotopic (exact) mass is 332 g/mol. The molecule has 1 fully saturated rings. The third kappa shape index (κ3) is 2.74. The van der Waals surface area contributed by atoms with Crippen LogP contribution in [0.25, 0.3) is 0 Å². The first-order valence-electron chi connectivity index (χ1n) is 4.87. The van der Waals surface area contributed by atoms with Gasteiger partial charge in [-0.15, -0.1) is 0 Å². The summed E-state index contributed by atoms with van der Waals surface area (Å²) in [6.07, 6.45) is 0. The van der Waals surface area contributed by atoms with Crippen LogP contribution in [0.4, 0.5) is 4.39 Å². The molecule has 18 heavy (non-hydrogen) atoms. The minimum absolute atomic E-state index is 0.108. The van der Waals surface area contributed by atoms with Crippen molar-refractivity contribution < 1.29 is 12.8 Å². The minimum atomic E-state index is -3.81. The molecule has 1 heterocycles. The second kappa shape index (κ2) is 5.11. The first-order chi connectivity index (χ1) is 8.30. The first kappa shape index (κ1) is 14.3. The highest BCUT2D eigenvalue weighted by molar-refractivity contribution is 8.14. The van der Waals surface area contributed by atoms with Crippen LogP contribution in [0.5, 0.6) is 0 Å². The van der Waals surface area contributed by atoms with E-state index in [2.05, 4.69) is 10.9 Å². The molecule has 1 aliphatic rings. The summed E-state index contributed by atoms with van der Waals surface area (Å²) in [4.78, 5) is 0. The van der Waals surface area contributed by atoms with Crippen LogP contribution >= 0.6 is 33.9 Å². The van der Waals surface area contributed by atoms with Gasteiger partial charge < -0.3 is 0 Å². The maximum Gasteiger partial charge on any atom is 0.238 e. The molecule has 0 aromatic heterocycles. The lowest BCUT2D eigenvalue weighted by molar-refractivity contribution is 0.556. The van der Waals surface area contributed by atoms with Gasteiger partial charge in [0.2, 0.25) is 9.05 Å². The van der Waals surface area contributed by atoms with E-state index in [-0.39, 0.29) is 22.2 Å². The van der Waals surface area contributed by atoms with Gasteiger partial charge in [-0.1, -0.05) is 23.2 Å². The van der Waals surface area contributed by atoms with Gasteiger partial charge in [-0.25, -0.2) is 18.2 Å². The minimum Gasteiger partial charge on any atom is -0.256 e. The third-order valence-electron chi connectivity index (χ3n) is 2.67. The number of hydrazine groups is 1. The van der Waals surface area contributed by atoms with Crippen LogP contribution in [0, 0.1) is 5.82 Å². The summed E-state index contributed by atoms with van der Waals surface area (Å²) >= 11 is 11.5. The first-order valence-corrected chi connectivity index (χ1v) is 8.00. The summed E-state index contributed by atoms with van der Waals surface area (Å²) in [5.74, 6) is -0.671. The maximum atomic E-state index is 13.4. The quantitative estimate of drug-likeness (QED) is 0.643. The van der Waals surface area contributed by atoms with Gasteiger partial charge in [0.15, 0.2) is 0 Å². The van der Waals surface area contributed by atoms with E-state index in [1.807, 2.05) is 0 Å². The average Bonchev–Trinajstić information content (AvgIpc) is 2.71. The number of halogens is 4. The second-order valence-corrected chi connectivity index (χ2v) is 7.47. The number of benzene rings is 1. The summed E-state index contributed by atoms with van der Waals surface area (Å²) in [6.45, 7) is 0.108. The van der Waals surface area contributed by atoms with Crippen molar-refractivity contribution in [1.29, 1.82) is 0 Å². The fourth-order valence-electron chi connectivity index (χ4n) is 1.80. The zero-order valence-electron chi connectivity index (χ0n) is 8.75. The molecule has 9 heteroatoms. The highest BCUT2D eigenvalue weighted by Crippen LogP contribution is 2.34. The van der Waals surface area contributed by atoms with Gasteiger partial charge in [-0.05, 0) is 17.7 Å². The van der Waals surface area contributed by atoms with E-state index in [0.717, 1.165) is 6.07 Å². The Hall–Kier alpha value is -0.110. The number of hydrogen-bond acceptors (Lipinski definition) is 4. The second-order valence-electron chi connectivity index (χ2n) is 3.80. The van der Waals surface area contributed by atoms with E-state index < -0.39 is 26.2 Å². The molecule has 0 bridgehead atoms. The van der Waals surface area contributed by atoms with Crippen molar-refractivity contribution in [2.45, 2.75) is 11.3 Å². The molecule has 1 aromatic rings. The largest absolute Gasteiger partial charge is 0.256 e. The van der Waals surface area contributed by atoms with E-state index in [0.29, 0.717) is 0 Å². The highest BCUT2D eigenvalue weighted by Gasteiger charge is 2.38. The molecule has 100 valence electrons. The van der Waals surface area contributed by atoms with Crippen molar-refractivity contribution in [2.24, 2.45) is 0 Å². The Morgan fingerprint density at radius 2 is 1.94 bits per heavy atom. The summed E-state index contributed by atoms with van der Waals surface area (Å²) in [5, 5.41) is -0.884. The van der Waals surface area contributed by atoms with Crippen molar-refractivity contribution in [3.63, 3.8) is 0 Å². The van der Waals surface area contributed by atoms with Gasteiger partial charge in [0.25, 0.3) is 0 Å². The standard InChI is InChI=1S/C9H8Cl3FN2O2S/c10-5-2-6(11)7(13)1-4(5)9-8(3-14-15-9)18(12,16)17/h1-2,8-9,14-15H,3H2. The van der Waals surface area contributed by atoms with E-state index in [1.54, 1.807) is 0 Å². The maximum absolute atomic E-state index is 13.4. The van der Waals surface area contributed by atoms with Gasteiger partial charge in [-0.3, -0.25) is 5.43 Å². The summed E-state index contributed by atoms with van der Waals surface area (Å²) in [6, 6.07) is 1.60. The zero-order valence-corrected chi connectivity index (χ0v) is 11.8. The number of hydrogen-bond donors (Lipinski definition) is 2. The lowest BCUT2D eigenvalue weighted by Crippen LogP contribution is -2.28. The van der Waals surface area contributed by atoms with Crippen LogP contribution in [0.3, 0.4) is 0 Å². The van der Waals surface area contributed by atoms with Crippen LogP contribution in [0.1, 0.15) is 11.6 Å². The fraction of sp³-hybridized carbons (Fsp3) is 0.333. The predicted octanol–water partition coefficient (Wildman–Crippen LogP) is 2.22. The van der Waals surface area contributed by atoms with Crippen LogP contribution in [-0.4, -0.2) is 20.2 Å². The molecule has 2 N–H and O–H groups in total. The van der Waals surface area contributed by atoms with Crippen LogP contribution in [0.15, 0.2) is 12.1 Å². The molecule has 1 saturated heterocycles. The van der Waals surface area contributed by atoms with Gasteiger partial charge in [0.1, 0.15) is 11.1 Å². The number of rotatable bonds is 2. The van der Waals surface area contributed by atoms with Gasteiger partial charge >= 0.3 is 0 Å². The molecule has 4 nitrogen and oxygen atoms in total. The van der Waals surface area contributed by atoms with E-state index in [9.17, 15) is 12.8 Å². The molecule has 1 aliphatic heterocycles. The SMILES string of the molecule is O=S(=O)(Cl)C1CNNC1c1cc(F)c(Cl)cc1Cl. The zero-order chi connectivity index (χ0) is 13.5. The van der Waals surface area contributed by atoms with Crippen molar-refractivity contribution in [3.8, 4) is 0 Å². The molecule has 0 saturated carbocycles. The Morgan fingerprint density at radius 3 is 2.56 bits per heavy atom. The van der Waals surface area contributed by atoms with Crippen molar-refractivity contribution in [2.75, 3.05) is 6.54 Å². The van der Waals surface area contributed by atoms with Gasteiger partial charge in [0.05, 0.1) is 11.1 Å². The van der Waals surface area contributed by atoms with Crippen molar-refractivity contribution in [1.82, 2.24) is 10.9 Å². The number of nitrogens with one attached hydrogen (secondary N) is 2. The molecule has 2 atom stereocenters. The van der Waals surface area contributed by atoms with Crippen molar-refractivity contribution >= 4 is 42.9 Å². The predicted molar refractivity (Wildman–Crippen MR) is 68.9 cm³/mol. The van der Waals surface area contributed by atoms with Crippen LogP contribution in [0.2, 0.25) is 10.0 Å². The molecule has 0 radical (unpaired) electrons. The lowest BCUT2D eigenvalue weighted by atomic mass is 10.0. The Bertz CT molecular complexity index is 581. The lowest BCUT2D eigenvalue weighted by Gasteiger charge is -2.17. The van der Waals surface area contributed by atoms with Crippen molar-refractivity contribution in [3.05, 3.63) is 33.6 Å². The Labute approximate surface area is 118 Å². The van der Waals surface area contributed by atoms with Crippen LogP contribution < -0.4 is 10.9 Å². The Morgan fingerprint density at radius 1 is 1.28 bits per heavy atom. The fourth-order valence-corrected chi connectivity index (χ4v) is 3.62. The molecular formula is C9H8Cl3FN2O2S. The molecule has 2 rings (SSSR count). The molecule has 0 spiro atoms. The summed E-state index contributed by atoms with van der Waals surface area (Å²) in [5.41, 5.74) is 5.66.